The Balaban J connectivity index is 0.00000181. The fourth-order valence-corrected chi connectivity index (χ4v) is 11.7. The summed E-state index contributed by atoms with van der Waals surface area (Å²) in [4.78, 5) is 0. The second kappa shape index (κ2) is 12.1. The molecule has 3 aromatic rings. The van der Waals surface area contributed by atoms with Crippen LogP contribution in [-0.2, 0) is 20.4 Å². The Labute approximate surface area is 230 Å². The topological polar surface area (TPSA) is 0 Å². The van der Waals surface area contributed by atoms with Gasteiger partial charge in [-0.25, -0.2) is 0 Å². The van der Waals surface area contributed by atoms with Gasteiger partial charge in [0.25, 0.3) is 0 Å². The molecule has 0 nitrogen and oxygen atoms in total. The maximum atomic E-state index is 2.47. The number of aryl methyl sites for hydroxylation is 3. The largest absolute Gasteiger partial charge is 1.00 e. The molecule has 33 heavy (non-hydrogen) atoms. The van der Waals surface area contributed by atoms with Crippen LogP contribution in [0.15, 0.2) is 93.5 Å². The van der Waals surface area contributed by atoms with Crippen LogP contribution in [-0.4, -0.2) is 8.07 Å². The van der Waals surface area contributed by atoms with E-state index in [1.165, 1.54) is 41.7 Å². The van der Waals surface area contributed by atoms with Gasteiger partial charge in [-0.1, -0.05) is 0 Å². The Kier molecular flexibility index (Phi) is 11.0. The molecular formula is C28H29Cl3SiTi. The van der Waals surface area contributed by atoms with Gasteiger partial charge < -0.3 is 37.2 Å². The van der Waals surface area contributed by atoms with E-state index in [0.717, 1.165) is 0 Å². The molecule has 0 saturated heterocycles. The molecule has 0 aromatic heterocycles. The fraction of sp³-hybridized carbons (Fsp3) is 0.214. The van der Waals surface area contributed by atoms with Crippen LogP contribution in [0.2, 0.25) is 0 Å². The molecule has 1 atom stereocenters. The van der Waals surface area contributed by atoms with Crippen molar-refractivity contribution in [2.45, 2.75) is 34.6 Å². The van der Waals surface area contributed by atoms with E-state index in [-0.39, 0.29) is 37.2 Å². The van der Waals surface area contributed by atoms with Gasteiger partial charge in [-0.2, -0.15) is 0 Å². The first-order valence-electron chi connectivity index (χ1n) is 10.7. The molecule has 0 heterocycles. The summed E-state index contributed by atoms with van der Waals surface area (Å²) in [5.41, 5.74) is 5.48. The van der Waals surface area contributed by atoms with E-state index < -0.39 is 8.07 Å². The molecule has 170 valence electrons. The van der Waals surface area contributed by atoms with Gasteiger partial charge in [0, 0.05) is 0 Å². The number of rotatable bonds is 4. The van der Waals surface area contributed by atoms with Crippen molar-refractivity contribution < 1.29 is 57.7 Å². The first-order chi connectivity index (χ1) is 14.3. The molecule has 0 bridgehead atoms. The van der Waals surface area contributed by atoms with Gasteiger partial charge in [-0.05, 0) is 0 Å². The molecule has 4 rings (SSSR count). The minimum Gasteiger partial charge on any atom is -1.00 e. The van der Waals surface area contributed by atoms with Crippen LogP contribution in [0.4, 0.5) is 0 Å². The van der Waals surface area contributed by atoms with Crippen molar-refractivity contribution in [3.05, 3.63) is 110 Å². The normalized spacial score (nSPS) is 15.2. The van der Waals surface area contributed by atoms with Crippen molar-refractivity contribution in [3.8, 4) is 0 Å². The quantitative estimate of drug-likeness (QED) is 0.231. The molecule has 1 aliphatic carbocycles. The Morgan fingerprint density at radius 1 is 0.636 bits per heavy atom. The van der Waals surface area contributed by atoms with Gasteiger partial charge in [-0.15, -0.1) is 0 Å². The summed E-state index contributed by atoms with van der Waals surface area (Å²) in [6, 6.07) is 27.9. The minimum absolute atomic E-state index is 0. The Morgan fingerprint density at radius 3 is 1.27 bits per heavy atom. The molecular weight excluding hydrogens is 519 g/mol. The van der Waals surface area contributed by atoms with Gasteiger partial charge in [0.15, 0.2) is 0 Å². The Morgan fingerprint density at radius 2 is 1.00 bits per heavy atom. The van der Waals surface area contributed by atoms with Crippen LogP contribution in [0, 0.1) is 26.7 Å². The summed E-state index contributed by atoms with van der Waals surface area (Å²) in [6.07, 6.45) is 2.47. The molecule has 0 spiro atoms. The molecule has 0 radical (unpaired) electrons. The molecule has 3 aromatic carbocycles. The molecule has 5 heteroatoms. The van der Waals surface area contributed by atoms with Crippen LogP contribution < -0.4 is 52.8 Å². The summed E-state index contributed by atoms with van der Waals surface area (Å²) in [6.45, 7) is 11.4. The monoisotopic (exact) mass is 546 g/mol. The average Bonchev–Trinajstić information content (AvgIpc) is 2.96. The van der Waals surface area contributed by atoms with Crippen molar-refractivity contribution in [1.82, 2.24) is 0 Å². The van der Waals surface area contributed by atoms with E-state index in [0.29, 0.717) is 5.92 Å². The summed E-state index contributed by atoms with van der Waals surface area (Å²) in [5, 5.41) is 6.11. The van der Waals surface area contributed by atoms with Crippen molar-refractivity contribution in [2.24, 2.45) is 5.92 Å². The second-order valence-electron chi connectivity index (χ2n) is 8.77. The molecule has 1 aliphatic rings. The SMILES string of the molecule is CC1=C([Si](c2cccc(C)c2)(c2cccc(C)c2)c2cccc(C)c2)C(C)C=[C]1[Ti+3].[Cl-].[Cl-].[Cl-]. The fourth-order valence-electron chi connectivity index (χ4n) is 5.17. The smallest absolute Gasteiger partial charge is 1.00 e. The van der Waals surface area contributed by atoms with Gasteiger partial charge >= 0.3 is 195 Å². The first kappa shape index (κ1) is 30.0. The van der Waals surface area contributed by atoms with Crippen molar-refractivity contribution in [2.75, 3.05) is 0 Å². The van der Waals surface area contributed by atoms with E-state index in [9.17, 15) is 0 Å². The Hall–Kier alpha value is -1.06. The molecule has 0 aliphatic heterocycles. The van der Waals surface area contributed by atoms with Crippen LogP contribution in [0.25, 0.3) is 0 Å². The number of halogens is 3. The maximum Gasteiger partial charge on any atom is -1.00 e. The van der Waals surface area contributed by atoms with E-state index in [2.05, 4.69) is 134 Å². The van der Waals surface area contributed by atoms with Gasteiger partial charge in [-0.3, -0.25) is 0 Å². The third kappa shape index (κ3) is 5.45. The van der Waals surface area contributed by atoms with E-state index in [1.807, 2.05) is 0 Å². The molecule has 0 saturated carbocycles. The molecule has 0 amide bonds. The number of allylic oxidation sites excluding steroid dienone is 4. The molecule has 0 fully saturated rings. The predicted octanol–water partition coefficient (Wildman–Crippen LogP) is -3.97. The van der Waals surface area contributed by atoms with Gasteiger partial charge in [0.1, 0.15) is 0 Å². The van der Waals surface area contributed by atoms with Gasteiger partial charge in [0.05, 0.1) is 0 Å². The van der Waals surface area contributed by atoms with E-state index in [4.69, 9.17) is 0 Å². The van der Waals surface area contributed by atoms with Crippen molar-refractivity contribution >= 4 is 23.6 Å². The van der Waals surface area contributed by atoms with Crippen LogP contribution in [0.3, 0.4) is 0 Å². The number of hydrogen-bond acceptors (Lipinski definition) is 0. The second-order valence-corrected chi connectivity index (χ2v) is 13.4. The summed E-state index contributed by atoms with van der Waals surface area (Å²) in [7, 11) is -2.43. The minimum atomic E-state index is -2.43. The average molecular weight is 548 g/mol. The molecule has 0 N–H and O–H groups in total. The van der Waals surface area contributed by atoms with E-state index in [1.54, 1.807) is 5.20 Å². The predicted molar refractivity (Wildman–Crippen MR) is 128 cm³/mol. The van der Waals surface area contributed by atoms with Crippen molar-refractivity contribution in [3.63, 3.8) is 0 Å². The van der Waals surface area contributed by atoms with Gasteiger partial charge in [0.2, 0.25) is 0 Å². The maximum absolute atomic E-state index is 2.47. The summed E-state index contributed by atoms with van der Waals surface area (Å²) in [5.74, 6) is 0.443. The van der Waals surface area contributed by atoms with Crippen LogP contribution >= 0.6 is 0 Å². The molecule has 1 unspecified atom stereocenters. The zero-order valence-electron chi connectivity index (χ0n) is 19.7. The first-order valence-corrected chi connectivity index (χ1v) is 13.5. The zero-order chi connectivity index (χ0) is 21.5. The summed E-state index contributed by atoms with van der Waals surface area (Å²) >= 11 is 2.28. The van der Waals surface area contributed by atoms with Crippen LogP contribution in [0.1, 0.15) is 30.5 Å². The third-order valence-corrected chi connectivity index (χ3v) is 12.5. The van der Waals surface area contributed by atoms with Crippen LogP contribution in [0.5, 0.6) is 0 Å². The zero-order valence-corrected chi connectivity index (χ0v) is 24.5. The number of benzene rings is 3. The number of hydrogen-bond donors (Lipinski definition) is 0. The van der Waals surface area contributed by atoms with Crippen molar-refractivity contribution in [1.29, 1.82) is 0 Å². The standard InChI is InChI=1S/C28H29Si.3ClH.Ti/c1-20-9-6-12-25(17-20)29(26-13-7-10-21(2)18-26,27-14-8-11-22(3)19-27)28-23(4)15-16-24(28)5;;;;/h6-15,17-19,23H,1-5H3;3*1H;/q;;;;+3/p-3. The third-order valence-electron chi connectivity index (χ3n) is 6.44. The summed E-state index contributed by atoms with van der Waals surface area (Å²) < 4.78 is 1.43. The Bertz CT molecular complexity index is 1070. The van der Waals surface area contributed by atoms with E-state index >= 15 is 0 Å².